The maximum absolute atomic E-state index is 14.0. The SMILES string of the molecule is COc1cc(C2CCN(C(=O)[C@@](C)(O)c3ccccc3)CC2)c(C(F)(F)F)cc1C(=O)NC(=N)N. The first-order chi connectivity index (χ1) is 16.4. The number of amides is 2. The topological polar surface area (TPSA) is 129 Å². The molecule has 1 atom stereocenters. The van der Waals surface area contributed by atoms with E-state index in [-0.39, 0.29) is 37.2 Å². The van der Waals surface area contributed by atoms with Crippen molar-refractivity contribution in [3.8, 4) is 5.75 Å². The second-order valence-corrected chi connectivity index (χ2v) is 8.51. The molecule has 11 heteroatoms. The van der Waals surface area contributed by atoms with Gasteiger partial charge in [0, 0.05) is 13.1 Å². The second kappa shape index (κ2) is 9.95. The van der Waals surface area contributed by atoms with Gasteiger partial charge in [-0.3, -0.25) is 20.3 Å². The van der Waals surface area contributed by atoms with Gasteiger partial charge in [0.25, 0.3) is 11.8 Å². The van der Waals surface area contributed by atoms with Crippen molar-refractivity contribution in [3.63, 3.8) is 0 Å². The van der Waals surface area contributed by atoms with Crippen LogP contribution < -0.4 is 15.8 Å². The van der Waals surface area contributed by atoms with Gasteiger partial charge >= 0.3 is 6.18 Å². The van der Waals surface area contributed by atoms with Gasteiger partial charge in [-0.2, -0.15) is 13.2 Å². The van der Waals surface area contributed by atoms with E-state index < -0.39 is 46.6 Å². The maximum atomic E-state index is 14.0. The number of methoxy groups -OCH3 is 1. The Bertz CT molecular complexity index is 1110. The molecular weight excluding hydrogens is 465 g/mol. The number of rotatable bonds is 5. The summed E-state index contributed by atoms with van der Waals surface area (Å²) in [6, 6.07) is 10.3. The lowest BCUT2D eigenvalue weighted by atomic mass is 9.84. The molecule has 5 N–H and O–H groups in total. The predicted octanol–water partition coefficient (Wildman–Crippen LogP) is 2.95. The molecule has 1 aliphatic heterocycles. The molecule has 0 aromatic heterocycles. The molecule has 2 amide bonds. The van der Waals surface area contributed by atoms with E-state index >= 15 is 0 Å². The summed E-state index contributed by atoms with van der Waals surface area (Å²) in [6.07, 6.45) is -4.31. The number of benzene rings is 2. The Balaban J connectivity index is 1.86. The Kier molecular flexibility index (Phi) is 7.39. The normalized spacial score (nSPS) is 16.3. The van der Waals surface area contributed by atoms with Crippen LogP contribution in [0, 0.1) is 5.41 Å². The summed E-state index contributed by atoms with van der Waals surface area (Å²) in [5.41, 5.74) is 2.36. The lowest BCUT2D eigenvalue weighted by Crippen LogP contribution is -2.48. The predicted molar refractivity (Wildman–Crippen MR) is 122 cm³/mol. The largest absolute Gasteiger partial charge is 0.496 e. The van der Waals surface area contributed by atoms with Crippen molar-refractivity contribution in [2.75, 3.05) is 20.2 Å². The minimum atomic E-state index is -4.75. The molecule has 1 fully saturated rings. The second-order valence-electron chi connectivity index (χ2n) is 8.51. The van der Waals surface area contributed by atoms with Gasteiger partial charge in [-0.05, 0) is 48.9 Å². The zero-order valence-corrected chi connectivity index (χ0v) is 19.3. The monoisotopic (exact) mass is 492 g/mol. The molecule has 0 spiro atoms. The van der Waals surface area contributed by atoms with Crippen LogP contribution in [-0.2, 0) is 16.6 Å². The molecule has 2 aromatic rings. The van der Waals surface area contributed by atoms with E-state index in [2.05, 4.69) is 0 Å². The summed E-state index contributed by atoms with van der Waals surface area (Å²) in [5, 5.41) is 20.0. The van der Waals surface area contributed by atoms with Crippen molar-refractivity contribution in [2.24, 2.45) is 5.73 Å². The summed E-state index contributed by atoms with van der Waals surface area (Å²) in [4.78, 5) is 26.7. The van der Waals surface area contributed by atoms with E-state index in [9.17, 15) is 27.9 Å². The Morgan fingerprint density at radius 3 is 2.29 bits per heavy atom. The average Bonchev–Trinajstić information content (AvgIpc) is 2.82. The van der Waals surface area contributed by atoms with Crippen molar-refractivity contribution >= 4 is 17.8 Å². The van der Waals surface area contributed by atoms with Gasteiger partial charge in [-0.15, -0.1) is 0 Å². The highest BCUT2D eigenvalue weighted by atomic mass is 19.4. The Labute approximate surface area is 200 Å². The van der Waals surface area contributed by atoms with Gasteiger partial charge in [0.05, 0.1) is 18.2 Å². The van der Waals surface area contributed by atoms with Crippen LogP contribution in [0.4, 0.5) is 13.2 Å². The van der Waals surface area contributed by atoms with Crippen LogP contribution in [0.25, 0.3) is 0 Å². The number of ether oxygens (including phenoxy) is 1. The quantitative estimate of drug-likeness (QED) is 0.377. The zero-order valence-electron chi connectivity index (χ0n) is 19.3. The van der Waals surface area contributed by atoms with Crippen molar-refractivity contribution in [1.29, 1.82) is 5.41 Å². The van der Waals surface area contributed by atoms with Crippen LogP contribution in [0.1, 0.15) is 52.7 Å². The summed E-state index contributed by atoms with van der Waals surface area (Å²) in [5.74, 6) is -2.87. The van der Waals surface area contributed by atoms with E-state index in [1.165, 1.54) is 25.0 Å². The van der Waals surface area contributed by atoms with Gasteiger partial charge in [-0.25, -0.2) is 0 Å². The third kappa shape index (κ3) is 5.56. The van der Waals surface area contributed by atoms with Crippen molar-refractivity contribution in [3.05, 3.63) is 64.7 Å². The summed E-state index contributed by atoms with van der Waals surface area (Å²) in [6.45, 7) is 1.70. The number of nitrogens with one attached hydrogen (secondary N) is 2. The molecule has 0 aliphatic carbocycles. The number of nitrogens with zero attached hydrogens (tertiary/aromatic N) is 1. The highest BCUT2D eigenvalue weighted by Crippen LogP contribution is 2.42. The molecule has 0 saturated carbocycles. The van der Waals surface area contributed by atoms with Crippen molar-refractivity contribution < 1.29 is 32.6 Å². The summed E-state index contributed by atoms with van der Waals surface area (Å²) >= 11 is 0. The molecule has 1 heterocycles. The van der Waals surface area contributed by atoms with Crippen LogP contribution in [0.3, 0.4) is 0 Å². The first-order valence-corrected chi connectivity index (χ1v) is 10.9. The average molecular weight is 492 g/mol. The fourth-order valence-electron chi connectivity index (χ4n) is 4.30. The first kappa shape index (κ1) is 26.0. The molecule has 1 saturated heterocycles. The molecule has 0 unspecified atom stereocenters. The smallest absolute Gasteiger partial charge is 0.416 e. The van der Waals surface area contributed by atoms with E-state index in [1.54, 1.807) is 30.3 Å². The van der Waals surface area contributed by atoms with Crippen molar-refractivity contribution in [2.45, 2.75) is 37.5 Å². The van der Waals surface area contributed by atoms with Crippen LogP contribution in [0.15, 0.2) is 42.5 Å². The van der Waals surface area contributed by atoms with Gasteiger partial charge in [0.2, 0.25) is 0 Å². The van der Waals surface area contributed by atoms with E-state index in [1.807, 2.05) is 5.32 Å². The standard InChI is InChI=1S/C24H27F3N4O4/c1-23(34,15-6-4-3-5-7-15)21(33)31-10-8-14(9-11-31)16-13-19(35-2)17(20(32)30-22(28)29)12-18(16)24(25,26)27/h3-7,12-14,34H,8-11H2,1-2H3,(H4,28,29,30,32)/t23-/m0/s1. The van der Waals surface area contributed by atoms with E-state index in [4.69, 9.17) is 15.9 Å². The van der Waals surface area contributed by atoms with Gasteiger partial charge in [0.1, 0.15) is 5.75 Å². The van der Waals surface area contributed by atoms with Crippen LogP contribution in [0.2, 0.25) is 0 Å². The number of carbonyl (C=O) groups excluding carboxylic acids is 2. The van der Waals surface area contributed by atoms with Crippen LogP contribution >= 0.6 is 0 Å². The number of aliphatic hydroxyl groups is 1. The molecule has 35 heavy (non-hydrogen) atoms. The number of hydrogen-bond acceptors (Lipinski definition) is 5. The third-order valence-corrected chi connectivity index (χ3v) is 6.14. The lowest BCUT2D eigenvalue weighted by Gasteiger charge is -2.37. The van der Waals surface area contributed by atoms with Gasteiger partial charge < -0.3 is 20.5 Å². The number of nitrogens with two attached hydrogens (primary N) is 1. The molecule has 2 aromatic carbocycles. The van der Waals surface area contributed by atoms with Crippen molar-refractivity contribution in [1.82, 2.24) is 10.2 Å². The van der Waals surface area contributed by atoms with Crippen LogP contribution in [-0.4, -0.2) is 48.0 Å². The minimum Gasteiger partial charge on any atom is -0.496 e. The number of halogens is 3. The molecule has 188 valence electrons. The highest BCUT2D eigenvalue weighted by Gasteiger charge is 2.41. The number of hydrogen-bond donors (Lipinski definition) is 4. The molecule has 1 aliphatic rings. The number of piperidine rings is 1. The molecule has 0 bridgehead atoms. The summed E-state index contributed by atoms with van der Waals surface area (Å²) in [7, 11) is 1.23. The minimum absolute atomic E-state index is 0.0457. The number of guanidine groups is 1. The zero-order chi connectivity index (χ0) is 26.0. The Morgan fingerprint density at radius 1 is 1.17 bits per heavy atom. The Morgan fingerprint density at radius 2 is 1.77 bits per heavy atom. The molecule has 0 radical (unpaired) electrons. The lowest BCUT2D eigenvalue weighted by molar-refractivity contribution is -0.152. The van der Waals surface area contributed by atoms with Gasteiger partial charge in [-0.1, -0.05) is 30.3 Å². The fraction of sp³-hybridized carbons (Fsp3) is 0.375. The Hall–Kier alpha value is -3.60. The fourth-order valence-corrected chi connectivity index (χ4v) is 4.30. The highest BCUT2D eigenvalue weighted by molar-refractivity contribution is 6.06. The third-order valence-electron chi connectivity index (χ3n) is 6.14. The number of likely N-dealkylation sites (tertiary alicyclic amines) is 1. The van der Waals surface area contributed by atoms with Gasteiger partial charge in [0.15, 0.2) is 11.6 Å². The van der Waals surface area contributed by atoms with E-state index in [0.29, 0.717) is 11.6 Å². The van der Waals surface area contributed by atoms with Crippen LogP contribution in [0.5, 0.6) is 5.75 Å². The molecular formula is C24H27F3N4O4. The maximum Gasteiger partial charge on any atom is 0.416 e. The molecule has 8 nitrogen and oxygen atoms in total. The summed E-state index contributed by atoms with van der Waals surface area (Å²) < 4.78 is 47.0. The number of carbonyl (C=O) groups is 2. The number of alkyl halides is 3. The molecule has 3 rings (SSSR count). The van der Waals surface area contributed by atoms with E-state index in [0.717, 1.165) is 0 Å². The first-order valence-electron chi connectivity index (χ1n) is 10.9.